The van der Waals surface area contributed by atoms with Gasteiger partial charge in [-0.1, -0.05) is 13.8 Å². The minimum atomic E-state index is -0.531. The van der Waals surface area contributed by atoms with Gasteiger partial charge >= 0.3 is 0 Å². The highest BCUT2D eigenvalue weighted by Crippen LogP contribution is 2.36. The SMILES string of the molecule is CC(C)C1(O)CN(c2ncnc3c2CCC3)C1. The number of β-amino-alcohol motifs (C(OH)–C–C–N with tert-alkyl or cyclic N) is 1. The lowest BCUT2D eigenvalue weighted by Crippen LogP contribution is -2.65. The van der Waals surface area contributed by atoms with Crippen LogP contribution in [0.4, 0.5) is 5.82 Å². The lowest BCUT2D eigenvalue weighted by molar-refractivity contribution is -0.0305. The summed E-state index contributed by atoms with van der Waals surface area (Å²) in [4.78, 5) is 10.9. The molecule has 0 aromatic carbocycles. The summed E-state index contributed by atoms with van der Waals surface area (Å²) in [7, 11) is 0. The average molecular weight is 233 g/mol. The van der Waals surface area contributed by atoms with Gasteiger partial charge in [-0.3, -0.25) is 0 Å². The van der Waals surface area contributed by atoms with Crippen LogP contribution >= 0.6 is 0 Å². The van der Waals surface area contributed by atoms with Crippen LogP contribution in [0.2, 0.25) is 0 Å². The number of hydrogen-bond acceptors (Lipinski definition) is 4. The molecule has 1 N–H and O–H groups in total. The fourth-order valence-electron chi connectivity index (χ4n) is 2.74. The Morgan fingerprint density at radius 1 is 1.29 bits per heavy atom. The third kappa shape index (κ3) is 1.62. The standard InChI is InChI=1S/C13H19N3O/c1-9(2)13(17)6-16(7-13)12-10-4-3-5-11(10)14-8-15-12/h8-9,17H,3-7H2,1-2H3. The van der Waals surface area contributed by atoms with E-state index in [1.807, 2.05) is 0 Å². The van der Waals surface area contributed by atoms with Crippen LogP contribution in [-0.4, -0.2) is 33.8 Å². The van der Waals surface area contributed by atoms with Crippen molar-refractivity contribution in [2.45, 2.75) is 38.7 Å². The Balaban J connectivity index is 1.82. The molecule has 1 aromatic heterocycles. The second-order valence-corrected chi connectivity index (χ2v) is 5.59. The number of nitrogens with zero attached hydrogens (tertiary/aromatic N) is 3. The summed E-state index contributed by atoms with van der Waals surface area (Å²) in [5, 5.41) is 10.3. The molecule has 92 valence electrons. The number of aryl methyl sites for hydroxylation is 1. The summed E-state index contributed by atoms with van der Waals surface area (Å²) in [5.41, 5.74) is 1.98. The van der Waals surface area contributed by atoms with E-state index >= 15 is 0 Å². The maximum absolute atomic E-state index is 10.3. The van der Waals surface area contributed by atoms with Crippen LogP contribution in [0, 0.1) is 5.92 Å². The lowest BCUT2D eigenvalue weighted by atomic mass is 9.83. The predicted molar refractivity (Wildman–Crippen MR) is 66.1 cm³/mol. The zero-order chi connectivity index (χ0) is 12.0. The van der Waals surface area contributed by atoms with E-state index in [1.54, 1.807) is 6.33 Å². The summed E-state index contributed by atoms with van der Waals surface area (Å²) in [6.07, 6.45) is 5.00. The van der Waals surface area contributed by atoms with Crippen molar-refractivity contribution < 1.29 is 5.11 Å². The number of rotatable bonds is 2. The number of aliphatic hydroxyl groups is 1. The molecule has 2 heterocycles. The number of fused-ring (bicyclic) bond motifs is 1. The van der Waals surface area contributed by atoms with Gasteiger partial charge in [0.25, 0.3) is 0 Å². The first-order valence-corrected chi connectivity index (χ1v) is 6.40. The Kier molecular flexibility index (Phi) is 2.36. The number of anilines is 1. The van der Waals surface area contributed by atoms with Gasteiger partial charge in [0.1, 0.15) is 17.7 Å². The Morgan fingerprint density at radius 2 is 2.06 bits per heavy atom. The van der Waals surface area contributed by atoms with E-state index in [2.05, 4.69) is 28.7 Å². The van der Waals surface area contributed by atoms with E-state index in [0.717, 1.165) is 18.7 Å². The third-order valence-electron chi connectivity index (χ3n) is 4.16. The van der Waals surface area contributed by atoms with E-state index < -0.39 is 5.60 Å². The second-order valence-electron chi connectivity index (χ2n) is 5.59. The van der Waals surface area contributed by atoms with E-state index in [0.29, 0.717) is 19.0 Å². The van der Waals surface area contributed by atoms with Crippen LogP contribution in [-0.2, 0) is 12.8 Å². The van der Waals surface area contributed by atoms with Crippen LogP contribution in [0.15, 0.2) is 6.33 Å². The maximum atomic E-state index is 10.3. The van der Waals surface area contributed by atoms with Crippen molar-refractivity contribution >= 4 is 5.82 Å². The van der Waals surface area contributed by atoms with E-state index in [9.17, 15) is 5.11 Å². The minimum absolute atomic E-state index is 0.300. The van der Waals surface area contributed by atoms with E-state index in [1.165, 1.54) is 17.7 Å². The van der Waals surface area contributed by atoms with Crippen LogP contribution in [0.25, 0.3) is 0 Å². The van der Waals surface area contributed by atoms with Crippen molar-refractivity contribution in [2.24, 2.45) is 5.92 Å². The van der Waals surface area contributed by atoms with Gasteiger partial charge in [-0.05, 0) is 25.2 Å². The second kappa shape index (κ2) is 3.67. The average Bonchev–Trinajstić information content (AvgIpc) is 2.72. The largest absolute Gasteiger partial charge is 0.386 e. The topological polar surface area (TPSA) is 49.2 Å². The van der Waals surface area contributed by atoms with Gasteiger partial charge < -0.3 is 10.0 Å². The molecule has 1 aromatic rings. The predicted octanol–water partition coefficient (Wildman–Crippen LogP) is 1.17. The Hall–Kier alpha value is -1.16. The molecule has 0 radical (unpaired) electrons. The van der Waals surface area contributed by atoms with Gasteiger partial charge in [0.15, 0.2) is 0 Å². The zero-order valence-electron chi connectivity index (χ0n) is 10.5. The molecule has 0 unspecified atom stereocenters. The van der Waals surface area contributed by atoms with Crippen LogP contribution in [0.5, 0.6) is 0 Å². The molecule has 2 aliphatic rings. The summed E-state index contributed by atoms with van der Waals surface area (Å²) in [6.45, 7) is 5.55. The number of hydrogen-bond donors (Lipinski definition) is 1. The molecule has 0 atom stereocenters. The smallest absolute Gasteiger partial charge is 0.135 e. The van der Waals surface area contributed by atoms with Crippen molar-refractivity contribution in [1.82, 2.24) is 9.97 Å². The van der Waals surface area contributed by atoms with E-state index in [-0.39, 0.29) is 0 Å². The van der Waals surface area contributed by atoms with Gasteiger partial charge in [0, 0.05) is 11.3 Å². The van der Waals surface area contributed by atoms with Crippen molar-refractivity contribution in [1.29, 1.82) is 0 Å². The van der Waals surface area contributed by atoms with Crippen molar-refractivity contribution in [3.05, 3.63) is 17.6 Å². The third-order valence-corrected chi connectivity index (χ3v) is 4.16. The molecular weight excluding hydrogens is 214 g/mol. The molecular formula is C13H19N3O. The van der Waals surface area contributed by atoms with Gasteiger partial charge in [0.05, 0.1) is 13.1 Å². The molecule has 4 heteroatoms. The maximum Gasteiger partial charge on any atom is 0.135 e. The molecule has 0 bridgehead atoms. The monoisotopic (exact) mass is 233 g/mol. The van der Waals surface area contributed by atoms with Crippen LogP contribution in [0.1, 0.15) is 31.5 Å². The van der Waals surface area contributed by atoms with E-state index in [4.69, 9.17) is 0 Å². The first-order valence-electron chi connectivity index (χ1n) is 6.40. The van der Waals surface area contributed by atoms with Crippen LogP contribution < -0.4 is 4.90 Å². The van der Waals surface area contributed by atoms with Gasteiger partial charge in [0.2, 0.25) is 0 Å². The molecule has 0 spiro atoms. The molecule has 0 saturated carbocycles. The molecule has 3 rings (SSSR count). The Bertz CT molecular complexity index is 438. The molecule has 4 nitrogen and oxygen atoms in total. The quantitative estimate of drug-likeness (QED) is 0.833. The molecule has 1 fully saturated rings. The normalized spacial score (nSPS) is 21.5. The fourth-order valence-corrected chi connectivity index (χ4v) is 2.74. The molecule has 0 amide bonds. The Labute approximate surface area is 102 Å². The molecule has 1 saturated heterocycles. The van der Waals surface area contributed by atoms with Gasteiger partial charge in [-0.25, -0.2) is 9.97 Å². The highest BCUT2D eigenvalue weighted by atomic mass is 16.3. The summed E-state index contributed by atoms with van der Waals surface area (Å²) in [6, 6.07) is 0. The zero-order valence-corrected chi connectivity index (χ0v) is 10.5. The van der Waals surface area contributed by atoms with Crippen LogP contribution in [0.3, 0.4) is 0 Å². The van der Waals surface area contributed by atoms with Crippen molar-refractivity contribution in [3.8, 4) is 0 Å². The highest BCUT2D eigenvalue weighted by Gasteiger charge is 2.45. The lowest BCUT2D eigenvalue weighted by Gasteiger charge is -2.50. The first kappa shape index (κ1) is 11.0. The van der Waals surface area contributed by atoms with Crippen molar-refractivity contribution in [3.63, 3.8) is 0 Å². The van der Waals surface area contributed by atoms with Gasteiger partial charge in [-0.15, -0.1) is 0 Å². The highest BCUT2D eigenvalue weighted by molar-refractivity contribution is 5.53. The summed E-state index contributed by atoms with van der Waals surface area (Å²) >= 11 is 0. The Morgan fingerprint density at radius 3 is 2.76 bits per heavy atom. The van der Waals surface area contributed by atoms with Crippen molar-refractivity contribution in [2.75, 3.05) is 18.0 Å². The summed E-state index contributed by atoms with van der Waals surface area (Å²) < 4.78 is 0. The number of aromatic nitrogens is 2. The molecule has 1 aliphatic heterocycles. The molecule has 17 heavy (non-hydrogen) atoms. The first-order chi connectivity index (χ1) is 8.10. The molecule has 1 aliphatic carbocycles. The minimum Gasteiger partial charge on any atom is -0.386 e. The fraction of sp³-hybridized carbons (Fsp3) is 0.692. The summed E-state index contributed by atoms with van der Waals surface area (Å²) in [5.74, 6) is 1.35. The van der Waals surface area contributed by atoms with Gasteiger partial charge in [-0.2, -0.15) is 0 Å².